The molecule has 25 heavy (non-hydrogen) atoms. The van der Waals surface area contributed by atoms with E-state index in [2.05, 4.69) is 27.1 Å². The molecule has 0 unspecified atom stereocenters. The van der Waals surface area contributed by atoms with Gasteiger partial charge in [-0.2, -0.15) is 4.98 Å². The maximum Gasteiger partial charge on any atom is 0.263 e. The Morgan fingerprint density at radius 2 is 2.12 bits per heavy atom. The summed E-state index contributed by atoms with van der Waals surface area (Å²) < 4.78 is 1.66. The van der Waals surface area contributed by atoms with Gasteiger partial charge in [0.05, 0.1) is 0 Å². The van der Waals surface area contributed by atoms with Crippen molar-refractivity contribution in [1.82, 2.24) is 14.5 Å². The minimum Gasteiger partial charge on any atom is -0.356 e. The summed E-state index contributed by atoms with van der Waals surface area (Å²) in [5, 5.41) is 2.64. The molecule has 1 N–H and O–H groups in total. The summed E-state index contributed by atoms with van der Waals surface area (Å²) in [6, 6.07) is 3.72. The lowest BCUT2D eigenvalue weighted by Crippen LogP contribution is -2.34. The Bertz CT molecular complexity index is 811. The molecule has 2 aromatic heterocycles. The Morgan fingerprint density at radius 3 is 2.84 bits per heavy atom. The molecular weight excluding hydrogens is 318 g/mol. The number of aromatic nitrogens is 3. The number of carbonyl (C=O) groups excluding carboxylic acids is 1. The summed E-state index contributed by atoms with van der Waals surface area (Å²) >= 11 is 0. The average Bonchev–Trinajstić information content (AvgIpc) is 3.12. The highest BCUT2D eigenvalue weighted by atomic mass is 16.2. The van der Waals surface area contributed by atoms with Crippen LogP contribution in [0.25, 0.3) is 0 Å². The average molecular weight is 341 g/mol. The number of hydrogen-bond donors (Lipinski definition) is 1. The molecule has 1 aliphatic carbocycles. The van der Waals surface area contributed by atoms with Crippen molar-refractivity contribution in [2.75, 3.05) is 16.8 Å². The lowest BCUT2D eigenvalue weighted by molar-refractivity contribution is 0.102. The Hall–Kier alpha value is -2.70. The van der Waals surface area contributed by atoms with Crippen LogP contribution in [0.15, 0.2) is 35.5 Å². The van der Waals surface area contributed by atoms with E-state index in [-0.39, 0.29) is 16.9 Å². The van der Waals surface area contributed by atoms with Gasteiger partial charge in [-0.05, 0) is 25.8 Å². The van der Waals surface area contributed by atoms with E-state index in [4.69, 9.17) is 0 Å². The van der Waals surface area contributed by atoms with Gasteiger partial charge in [-0.3, -0.25) is 14.9 Å². The van der Waals surface area contributed by atoms with Crippen LogP contribution in [-0.2, 0) is 7.05 Å². The molecule has 2 heterocycles. The van der Waals surface area contributed by atoms with E-state index < -0.39 is 5.91 Å². The smallest absolute Gasteiger partial charge is 0.263 e. The summed E-state index contributed by atoms with van der Waals surface area (Å²) in [6.45, 7) is 2.96. The number of hydrogen-bond acceptors (Lipinski definition) is 5. The zero-order chi connectivity index (χ0) is 17.8. The van der Waals surface area contributed by atoms with Crippen LogP contribution in [0.5, 0.6) is 0 Å². The summed E-state index contributed by atoms with van der Waals surface area (Å²) in [5.41, 5.74) is -0.255. The molecule has 3 rings (SSSR count). The Labute approximate surface area is 146 Å². The van der Waals surface area contributed by atoms with Gasteiger partial charge >= 0.3 is 0 Å². The van der Waals surface area contributed by atoms with E-state index in [1.165, 1.54) is 37.9 Å². The van der Waals surface area contributed by atoms with Gasteiger partial charge in [-0.15, -0.1) is 0 Å². The topological polar surface area (TPSA) is 80.1 Å². The van der Waals surface area contributed by atoms with Gasteiger partial charge in [0.25, 0.3) is 5.91 Å². The summed E-state index contributed by atoms with van der Waals surface area (Å²) in [6.07, 6.45) is 9.56. The standard InChI is InChI=1S/C18H23N5O2/c1-3-23(13-6-4-5-7-13)16-8-10-19-18(20-16)21-17(25)14-12-22(2)11-9-15(14)24/h8-13H,3-7H2,1-2H3,(H,19,20,21,25). The quantitative estimate of drug-likeness (QED) is 0.902. The Balaban J connectivity index is 1.80. The van der Waals surface area contributed by atoms with Crippen LogP contribution >= 0.6 is 0 Å². The highest BCUT2D eigenvalue weighted by Crippen LogP contribution is 2.27. The van der Waals surface area contributed by atoms with Crippen LogP contribution in [0.1, 0.15) is 43.0 Å². The summed E-state index contributed by atoms with van der Waals surface area (Å²) in [4.78, 5) is 35.1. The molecule has 0 bridgehead atoms. The molecule has 0 saturated heterocycles. The molecule has 0 radical (unpaired) electrons. The minimum absolute atomic E-state index is 0.0714. The van der Waals surface area contributed by atoms with Crippen LogP contribution in [0.4, 0.5) is 11.8 Å². The molecule has 0 atom stereocenters. The van der Waals surface area contributed by atoms with Gasteiger partial charge in [0.15, 0.2) is 5.43 Å². The maximum atomic E-state index is 12.4. The number of nitrogens with zero attached hydrogens (tertiary/aromatic N) is 4. The summed E-state index contributed by atoms with van der Waals surface area (Å²) in [7, 11) is 1.76. The zero-order valence-electron chi connectivity index (χ0n) is 14.6. The predicted octanol–water partition coefficient (Wildman–Crippen LogP) is 2.20. The van der Waals surface area contributed by atoms with Gasteiger partial charge in [-0.1, -0.05) is 12.8 Å². The molecule has 0 aliphatic heterocycles. The second-order valence-electron chi connectivity index (χ2n) is 6.31. The number of aryl methyl sites for hydroxylation is 1. The van der Waals surface area contributed by atoms with Crippen molar-refractivity contribution in [2.45, 2.75) is 38.6 Å². The molecular formula is C18H23N5O2. The molecule has 1 saturated carbocycles. The first-order valence-corrected chi connectivity index (χ1v) is 8.66. The molecule has 2 aromatic rings. The third kappa shape index (κ3) is 3.87. The van der Waals surface area contributed by atoms with E-state index in [9.17, 15) is 9.59 Å². The number of pyridine rings is 1. The number of nitrogens with one attached hydrogen (secondary N) is 1. The molecule has 7 heteroatoms. The highest BCUT2D eigenvalue weighted by Gasteiger charge is 2.23. The van der Waals surface area contributed by atoms with Crippen LogP contribution in [-0.4, -0.2) is 33.0 Å². The number of anilines is 2. The third-order valence-electron chi connectivity index (χ3n) is 4.57. The molecule has 1 aliphatic rings. The van der Waals surface area contributed by atoms with Crippen molar-refractivity contribution in [3.05, 3.63) is 46.5 Å². The van der Waals surface area contributed by atoms with Crippen molar-refractivity contribution in [3.63, 3.8) is 0 Å². The van der Waals surface area contributed by atoms with Crippen LogP contribution < -0.4 is 15.6 Å². The lowest BCUT2D eigenvalue weighted by atomic mass is 10.2. The second-order valence-corrected chi connectivity index (χ2v) is 6.31. The highest BCUT2D eigenvalue weighted by molar-refractivity contribution is 6.03. The van der Waals surface area contributed by atoms with E-state index in [1.807, 2.05) is 6.07 Å². The van der Waals surface area contributed by atoms with Crippen molar-refractivity contribution in [3.8, 4) is 0 Å². The molecule has 132 valence electrons. The van der Waals surface area contributed by atoms with Gasteiger partial charge in [0.2, 0.25) is 5.95 Å². The van der Waals surface area contributed by atoms with Crippen LogP contribution in [0.2, 0.25) is 0 Å². The van der Waals surface area contributed by atoms with Crippen molar-refractivity contribution < 1.29 is 4.79 Å². The van der Waals surface area contributed by atoms with Crippen molar-refractivity contribution in [1.29, 1.82) is 0 Å². The largest absolute Gasteiger partial charge is 0.356 e. The number of rotatable bonds is 5. The molecule has 0 aromatic carbocycles. The first kappa shape index (κ1) is 17.1. The summed E-state index contributed by atoms with van der Waals surface area (Å²) in [5.74, 6) is 0.521. The fraction of sp³-hybridized carbons (Fsp3) is 0.444. The molecule has 1 amide bonds. The van der Waals surface area contributed by atoms with Crippen molar-refractivity contribution >= 4 is 17.7 Å². The first-order chi connectivity index (χ1) is 12.1. The number of amides is 1. The maximum absolute atomic E-state index is 12.4. The third-order valence-corrected chi connectivity index (χ3v) is 4.57. The normalized spacial score (nSPS) is 14.5. The van der Waals surface area contributed by atoms with Gasteiger partial charge in [0.1, 0.15) is 11.4 Å². The van der Waals surface area contributed by atoms with Crippen molar-refractivity contribution in [2.24, 2.45) is 7.05 Å². The fourth-order valence-electron chi connectivity index (χ4n) is 3.32. The monoisotopic (exact) mass is 341 g/mol. The Morgan fingerprint density at radius 1 is 1.36 bits per heavy atom. The van der Waals surface area contributed by atoms with E-state index in [0.29, 0.717) is 6.04 Å². The van der Waals surface area contributed by atoms with Gasteiger partial charge in [-0.25, -0.2) is 4.98 Å². The predicted molar refractivity (Wildman–Crippen MR) is 96.9 cm³/mol. The SMILES string of the molecule is CCN(c1ccnc(NC(=O)c2cn(C)ccc2=O)n1)C1CCCC1. The van der Waals surface area contributed by atoms with E-state index in [1.54, 1.807) is 24.0 Å². The zero-order valence-corrected chi connectivity index (χ0v) is 14.6. The second kappa shape index (κ2) is 7.46. The fourth-order valence-corrected chi connectivity index (χ4v) is 3.32. The minimum atomic E-state index is -0.498. The lowest BCUT2D eigenvalue weighted by Gasteiger charge is -2.28. The molecule has 0 spiro atoms. The van der Waals surface area contributed by atoms with E-state index >= 15 is 0 Å². The van der Waals surface area contributed by atoms with E-state index in [0.717, 1.165) is 12.4 Å². The van der Waals surface area contributed by atoms with Gasteiger partial charge < -0.3 is 9.47 Å². The van der Waals surface area contributed by atoms with Crippen LogP contribution in [0.3, 0.4) is 0 Å². The first-order valence-electron chi connectivity index (χ1n) is 8.66. The number of carbonyl (C=O) groups is 1. The van der Waals surface area contributed by atoms with Gasteiger partial charge in [0, 0.05) is 44.3 Å². The molecule has 7 nitrogen and oxygen atoms in total. The van der Waals surface area contributed by atoms with Crippen LogP contribution in [0, 0.1) is 0 Å². The Kier molecular flexibility index (Phi) is 5.11. The molecule has 1 fully saturated rings.